The summed E-state index contributed by atoms with van der Waals surface area (Å²) in [6.07, 6.45) is 0. The quantitative estimate of drug-likeness (QED) is 0.348. The highest BCUT2D eigenvalue weighted by molar-refractivity contribution is 8.01. The van der Waals surface area contributed by atoms with E-state index in [-0.39, 0.29) is 5.78 Å². The molecule has 0 fully saturated rings. The van der Waals surface area contributed by atoms with Crippen LogP contribution < -0.4 is 0 Å². The fraction of sp³-hybridized carbons (Fsp3) is 0.167. The minimum Gasteiger partial charge on any atom is -0.293 e. The molecular formula is C18H16N2OS3. The first-order valence-electron chi connectivity index (χ1n) is 7.43. The molecule has 1 aromatic heterocycles. The molecule has 3 nitrogen and oxygen atoms in total. The molecule has 3 rings (SSSR count). The van der Waals surface area contributed by atoms with Crippen molar-refractivity contribution in [2.24, 2.45) is 0 Å². The van der Waals surface area contributed by atoms with Gasteiger partial charge >= 0.3 is 0 Å². The van der Waals surface area contributed by atoms with E-state index in [0.717, 1.165) is 26.7 Å². The maximum Gasteiger partial charge on any atom is 0.184 e. The molecule has 1 heterocycles. The average molecular weight is 373 g/mol. The normalized spacial score (nSPS) is 10.8. The minimum atomic E-state index is 0.119. The van der Waals surface area contributed by atoms with Gasteiger partial charge in [-0.25, -0.2) is 4.68 Å². The molecule has 0 aliphatic heterocycles. The Kier molecular flexibility index (Phi) is 5.28. The van der Waals surface area contributed by atoms with Crippen molar-refractivity contribution in [3.8, 4) is 5.69 Å². The molecule has 0 saturated carbocycles. The Morgan fingerprint density at radius 3 is 2.71 bits per heavy atom. The first kappa shape index (κ1) is 17.1. The Balaban J connectivity index is 1.75. The zero-order chi connectivity index (χ0) is 17.1. The summed E-state index contributed by atoms with van der Waals surface area (Å²) in [5.41, 5.74) is 3.83. The number of nitrogens with zero attached hydrogens (tertiary/aromatic N) is 2. The van der Waals surface area contributed by atoms with E-state index in [4.69, 9.17) is 12.2 Å². The monoisotopic (exact) mass is 372 g/mol. The molecule has 0 radical (unpaired) electrons. The van der Waals surface area contributed by atoms with Crippen LogP contribution in [0.4, 0.5) is 0 Å². The van der Waals surface area contributed by atoms with Crippen LogP contribution in [0.5, 0.6) is 0 Å². The second-order valence-corrected chi connectivity index (χ2v) is 8.26. The third-order valence-electron chi connectivity index (χ3n) is 3.55. The van der Waals surface area contributed by atoms with Crippen LogP contribution in [0.2, 0.25) is 0 Å². The van der Waals surface area contributed by atoms with Crippen LogP contribution in [0.15, 0.2) is 52.9 Å². The van der Waals surface area contributed by atoms with Gasteiger partial charge in [0.2, 0.25) is 0 Å². The summed E-state index contributed by atoms with van der Waals surface area (Å²) in [7, 11) is 0. The van der Waals surface area contributed by atoms with Crippen LogP contribution in [-0.2, 0) is 0 Å². The summed E-state index contributed by atoms with van der Waals surface area (Å²) in [5.74, 6) is 0.482. The average Bonchev–Trinajstić information content (AvgIpc) is 2.96. The maximum absolute atomic E-state index is 12.5. The Morgan fingerprint density at radius 1 is 1.21 bits per heavy atom. The summed E-state index contributed by atoms with van der Waals surface area (Å²) in [4.78, 5) is 12.5. The van der Waals surface area contributed by atoms with Crippen LogP contribution in [0.3, 0.4) is 0 Å². The lowest BCUT2D eigenvalue weighted by molar-refractivity contribution is 0.102. The number of benzene rings is 2. The van der Waals surface area contributed by atoms with Gasteiger partial charge in [0.15, 0.2) is 14.1 Å². The highest BCUT2D eigenvalue weighted by Gasteiger charge is 2.12. The molecule has 2 aromatic carbocycles. The molecule has 24 heavy (non-hydrogen) atoms. The summed E-state index contributed by atoms with van der Waals surface area (Å²) < 4.78 is 3.23. The molecule has 0 saturated heterocycles. The molecule has 6 heteroatoms. The molecule has 0 bridgehead atoms. The minimum absolute atomic E-state index is 0.119. The molecule has 0 amide bonds. The molecule has 122 valence electrons. The molecule has 3 aromatic rings. The summed E-state index contributed by atoms with van der Waals surface area (Å²) >= 11 is 8.26. The zero-order valence-electron chi connectivity index (χ0n) is 13.4. The Bertz CT molecular complexity index is 929. The van der Waals surface area contributed by atoms with Crippen molar-refractivity contribution in [1.82, 2.24) is 9.78 Å². The van der Waals surface area contributed by atoms with Crippen LogP contribution >= 0.6 is 35.3 Å². The van der Waals surface area contributed by atoms with Crippen molar-refractivity contribution in [2.45, 2.75) is 18.2 Å². The predicted octanol–water partition coefficient (Wildman–Crippen LogP) is 5.26. The third-order valence-corrected chi connectivity index (χ3v) is 5.92. The number of hydrogen-bond acceptors (Lipinski definition) is 5. The van der Waals surface area contributed by atoms with Crippen molar-refractivity contribution in [1.29, 1.82) is 0 Å². The standard InChI is InChI=1S/C18H16N2OS3/c1-12-8-9-13(2)15(10-12)16(21)11-23-17-19-20(18(22)24-17)14-6-4-3-5-7-14/h3-10H,11H2,1-2H3. The van der Waals surface area contributed by atoms with Crippen molar-refractivity contribution in [3.63, 3.8) is 0 Å². The Morgan fingerprint density at radius 2 is 1.96 bits per heavy atom. The zero-order valence-corrected chi connectivity index (χ0v) is 15.8. The highest BCUT2D eigenvalue weighted by atomic mass is 32.2. The van der Waals surface area contributed by atoms with E-state index in [0.29, 0.717) is 9.71 Å². The number of para-hydroxylation sites is 1. The number of aryl methyl sites for hydroxylation is 2. The number of Topliss-reactive ketones (excluding diaryl/α,β-unsaturated/α-hetero) is 1. The number of aromatic nitrogens is 2. The molecule has 0 atom stereocenters. The first-order valence-corrected chi connectivity index (χ1v) is 9.64. The molecule has 0 aliphatic rings. The Labute approximate surface area is 154 Å². The Hall–Kier alpha value is -1.76. The summed E-state index contributed by atoms with van der Waals surface area (Å²) in [6, 6.07) is 15.7. The van der Waals surface area contributed by atoms with E-state index in [1.807, 2.05) is 62.4 Å². The van der Waals surface area contributed by atoms with Gasteiger partial charge in [-0.2, -0.15) is 0 Å². The smallest absolute Gasteiger partial charge is 0.184 e. The van der Waals surface area contributed by atoms with Crippen LogP contribution in [0, 0.1) is 17.8 Å². The number of hydrogen-bond donors (Lipinski definition) is 0. The van der Waals surface area contributed by atoms with Crippen LogP contribution in [0.25, 0.3) is 5.69 Å². The van der Waals surface area contributed by atoms with Gasteiger partial charge in [-0.3, -0.25) is 4.79 Å². The van der Waals surface area contributed by atoms with Gasteiger partial charge in [0.25, 0.3) is 0 Å². The molecule has 0 N–H and O–H groups in total. The van der Waals surface area contributed by atoms with Gasteiger partial charge in [-0.15, -0.1) is 5.10 Å². The number of thioether (sulfide) groups is 1. The number of carbonyl (C=O) groups excluding carboxylic acids is 1. The number of carbonyl (C=O) groups is 1. The fourth-order valence-corrected chi connectivity index (χ4v) is 4.54. The number of rotatable bonds is 5. The molecule has 0 spiro atoms. The molecular weight excluding hydrogens is 356 g/mol. The van der Waals surface area contributed by atoms with Gasteiger partial charge in [0, 0.05) is 5.56 Å². The van der Waals surface area contributed by atoms with E-state index in [1.165, 1.54) is 23.1 Å². The van der Waals surface area contributed by atoms with Gasteiger partial charge in [0.05, 0.1) is 11.4 Å². The fourth-order valence-electron chi connectivity index (χ4n) is 2.29. The van der Waals surface area contributed by atoms with E-state index in [2.05, 4.69) is 5.10 Å². The van der Waals surface area contributed by atoms with E-state index in [1.54, 1.807) is 4.68 Å². The summed E-state index contributed by atoms with van der Waals surface area (Å²) in [6.45, 7) is 3.96. The lowest BCUT2D eigenvalue weighted by Crippen LogP contribution is -2.05. The second kappa shape index (κ2) is 7.42. The largest absolute Gasteiger partial charge is 0.293 e. The van der Waals surface area contributed by atoms with Gasteiger partial charge in [-0.1, -0.05) is 59.0 Å². The van der Waals surface area contributed by atoms with Crippen LogP contribution in [-0.4, -0.2) is 21.3 Å². The lowest BCUT2D eigenvalue weighted by Gasteiger charge is -2.05. The predicted molar refractivity (Wildman–Crippen MR) is 103 cm³/mol. The van der Waals surface area contributed by atoms with Gasteiger partial charge < -0.3 is 0 Å². The van der Waals surface area contributed by atoms with Crippen molar-refractivity contribution >= 4 is 41.1 Å². The molecule has 0 aliphatic carbocycles. The SMILES string of the molecule is Cc1ccc(C)c(C(=O)CSc2nn(-c3ccccc3)c(=S)s2)c1. The van der Waals surface area contributed by atoms with Gasteiger partial charge in [-0.05, 0) is 49.8 Å². The third kappa shape index (κ3) is 3.83. The van der Waals surface area contributed by atoms with Crippen molar-refractivity contribution < 1.29 is 4.79 Å². The van der Waals surface area contributed by atoms with Gasteiger partial charge in [0.1, 0.15) is 0 Å². The second-order valence-electron chi connectivity index (χ2n) is 5.41. The first-order chi connectivity index (χ1) is 11.5. The topological polar surface area (TPSA) is 34.9 Å². The molecule has 0 unspecified atom stereocenters. The van der Waals surface area contributed by atoms with Crippen LogP contribution in [0.1, 0.15) is 21.5 Å². The highest BCUT2D eigenvalue weighted by Crippen LogP contribution is 2.25. The van der Waals surface area contributed by atoms with E-state index in [9.17, 15) is 4.79 Å². The summed E-state index contributed by atoms with van der Waals surface area (Å²) in [5, 5.41) is 4.53. The lowest BCUT2D eigenvalue weighted by atomic mass is 10.0. The number of ketones is 1. The maximum atomic E-state index is 12.5. The van der Waals surface area contributed by atoms with Crippen molar-refractivity contribution in [3.05, 3.63) is 69.2 Å². The van der Waals surface area contributed by atoms with E-state index < -0.39 is 0 Å². The van der Waals surface area contributed by atoms with E-state index >= 15 is 0 Å². The van der Waals surface area contributed by atoms with Crippen molar-refractivity contribution in [2.75, 3.05) is 5.75 Å².